The van der Waals surface area contributed by atoms with Crippen LogP contribution in [0.15, 0.2) is 36.4 Å². The molecule has 0 radical (unpaired) electrons. The predicted molar refractivity (Wildman–Crippen MR) is 124 cm³/mol. The summed E-state index contributed by atoms with van der Waals surface area (Å²) in [4.78, 5) is 15.3. The Morgan fingerprint density at radius 1 is 1.07 bits per heavy atom. The number of carbonyl (C=O) groups is 1. The number of nitrogens with two attached hydrogens (primary N) is 1. The normalized spacial score (nSPS) is 19.9. The number of nitrogens with zero attached hydrogens (tertiary/aromatic N) is 1. The van der Waals surface area contributed by atoms with E-state index < -0.39 is 0 Å². The molecule has 29 heavy (non-hydrogen) atoms. The van der Waals surface area contributed by atoms with E-state index >= 15 is 0 Å². The quantitative estimate of drug-likeness (QED) is 0.639. The molecule has 4 heteroatoms. The number of anilines is 3. The standard InChI is InChI=1S/C25H35N3O/c1-16-14-21(26)22(15-23(16)28-17(2)8-7-9-18(28)3)27-24(29)19-10-12-20(13-11-19)25(4,5)6/h10-15,17-18H,7-9,26H2,1-6H3,(H,27,29)/t17-,18-/m0/s1. The average Bonchev–Trinajstić information content (AvgIpc) is 2.64. The van der Waals surface area contributed by atoms with Gasteiger partial charge in [0.15, 0.2) is 0 Å². The van der Waals surface area contributed by atoms with Crippen molar-refractivity contribution in [3.8, 4) is 0 Å². The Morgan fingerprint density at radius 3 is 2.21 bits per heavy atom. The molecule has 1 fully saturated rings. The zero-order valence-electron chi connectivity index (χ0n) is 18.7. The molecule has 2 aromatic carbocycles. The van der Waals surface area contributed by atoms with Gasteiger partial charge in [-0.25, -0.2) is 0 Å². The third-order valence-corrected chi connectivity index (χ3v) is 6.10. The van der Waals surface area contributed by atoms with E-state index in [1.54, 1.807) is 0 Å². The van der Waals surface area contributed by atoms with Crippen LogP contribution in [0.1, 0.15) is 75.4 Å². The molecule has 3 rings (SSSR count). The summed E-state index contributed by atoms with van der Waals surface area (Å²) < 4.78 is 0. The largest absolute Gasteiger partial charge is 0.397 e. The average molecular weight is 394 g/mol. The van der Waals surface area contributed by atoms with E-state index in [-0.39, 0.29) is 11.3 Å². The maximum Gasteiger partial charge on any atom is 0.255 e. The number of benzene rings is 2. The molecule has 0 aliphatic carbocycles. The van der Waals surface area contributed by atoms with Crippen LogP contribution in [0.25, 0.3) is 0 Å². The number of hydrogen-bond acceptors (Lipinski definition) is 3. The first-order chi connectivity index (χ1) is 13.6. The number of nitrogen functional groups attached to an aromatic ring is 1. The summed E-state index contributed by atoms with van der Waals surface area (Å²) in [6.07, 6.45) is 3.65. The number of aryl methyl sites for hydroxylation is 1. The van der Waals surface area contributed by atoms with Crippen molar-refractivity contribution in [2.45, 2.75) is 78.3 Å². The van der Waals surface area contributed by atoms with Crippen molar-refractivity contribution in [3.05, 3.63) is 53.1 Å². The lowest BCUT2D eigenvalue weighted by Crippen LogP contribution is -2.44. The highest BCUT2D eigenvalue weighted by atomic mass is 16.1. The Bertz CT molecular complexity index is 870. The summed E-state index contributed by atoms with van der Waals surface area (Å²) in [5.41, 5.74) is 11.8. The summed E-state index contributed by atoms with van der Waals surface area (Å²) in [6.45, 7) is 13.1. The Balaban J connectivity index is 1.86. The molecule has 1 aliphatic rings. The predicted octanol–water partition coefficient (Wildman–Crippen LogP) is 5.89. The van der Waals surface area contributed by atoms with Crippen molar-refractivity contribution < 1.29 is 4.79 Å². The SMILES string of the molecule is Cc1cc(N)c(NC(=O)c2ccc(C(C)(C)C)cc2)cc1N1[C@@H](C)CCC[C@@H]1C. The van der Waals surface area contributed by atoms with Crippen LogP contribution in [0, 0.1) is 6.92 Å². The highest BCUT2D eigenvalue weighted by molar-refractivity contribution is 6.06. The molecule has 3 N–H and O–H groups in total. The van der Waals surface area contributed by atoms with E-state index in [0.717, 1.165) is 11.3 Å². The number of carbonyl (C=O) groups excluding carboxylic acids is 1. The number of hydrogen-bond donors (Lipinski definition) is 2. The molecule has 0 aromatic heterocycles. The second-order valence-corrected chi connectivity index (χ2v) is 9.54. The first-order valence-corrected chi connectivity index (χ1v) is 10.7. The van der Waals surface area contributed by atoms with Crippen LogP contribution in [0.4, 0.5) is 17.1 Å². The van der Waals surface area contributed by atoms with Gasteiger partial charge in [-0.1, -0.05) is 32.9 Å². The molecule has 0 unspecified atom stereocenters. The van der Waals surface area contributed by atoms with Crippen molar-refractivity contribution in [1.82, 2.24) is 0 Å². The van der Waals surface area contributed by atoms with E-state index in [2.05, 4.69) is 51.8 Å². The van der Waals surface area contributed by atoms with Crippen molar-refractivity contribution in [2.24, 2.45) is 0 Å². The maximum absolute atomic E-state index is 12.8. The second kappa shape index (κ2) is 8.10. The van der Waals surface area contributed by atoms with Gasteiger partial charge < -0.3 is 16.0 Å². The third-order valence-electron chi connectivity index (χ3n) is 6.10. The lowest BCUT2D eigenvalue weighted by Gasteiger charge is -2.42. The van der Waals surface area contributed by atoms with E-state index in [0.29, 0.717) is 29.0 Å². The molecule has 0 bridgehead atoms. The molecule has 1 saturated heterocycles. The summed E-state index contributed by atoms with van der Waals surface area (Å²) in [5.74, 6) is -0.133. The highest BCUT2D eigenvalue weighted by Crippen LogP contribution is 2.36. The number of rotatable bonds is 3. The highest BCUT2D eigenvalue weighted by Gasteiger charge is 2.26. The molecule has 2 aromatic rings. The minimum atomic E-state index is -0.133. The minimum absolute atomic E-state index is 0.0626. The van der Waals surface area contributed by atoms with Gasteiger partial charge in [-0.05, 0) is 80.8 Å². The Hall–Kier alpha value is -2.49. The molecule has 4 nitrogen and oxygen atoms in total. The van der Waals surface area contributed by atoms with Crippen LogP contribution in [-0.4, -0.2) is 18.0 Å². The zero-order chi connectivity index (χ0) is 21.3. The van der Waals surface area contributed by atoms with Crippen LogP contribution in [0.5, 0.6) is 0 Å². The van der Waals surface area contributed by atoms with Gasteiger partial charge in [-0.3, -0.25) is 4.79 Å². The molecular formula is C25H35N3O. The van der Waals surface area contributed by atoms with Crippen molar-refractivity contribution >= 4 is 23.0 Å². The molecule has 2 atom stereocenters. The molecule has 0 saturated carbocycles. The second-order valence-electron chi connectivity index (χ2n) is 9.54. The van der Waals surface area contributed by atoms with Crippen LogP contribution in [0.3, 0.4) is 0 Å². The third kappa shape index (κ3) is 4.58. The summed E-state index contributed by atoms with van der Waals surface area (Å²) in [5, 5.41) is 3.03. The van der Waals surface area contributed by atoms with E-state index in [1.165, 1.54) is 24.8 Å². The van der Waals surface area contributed by atoms with Crippen molar-refractivity contribution in [1.29, 1.82) is 0 Å². The van der Waals surface area contributed by atoms with Crippen LogP contribution in [0.2, 0.25) is 0 Å². The lowest BCUT2D eigenvalue weighted by molar-refractivity contribution is 0.102. The number of amides is 1. The van der Waals surface area contributed by atoms with Gasteiger partial charge in [-0.15, -0.1) is 0 Å². The Labute approximate surface area is 175 Å². The lowest BCUT2D eigenvalue weighted by atomic mass is 9.86. The molecule has 1 aliphatic heterocycles. The van der Waals surface area contributed by atoms with E-state index in [9.17, 15) is 4.79 Å². The van der Waals surface area contributed by atoms with Gasteiger partial charge in [0.1, 0.15) is 0 Å². The summed E-state index contributed by atoms with van der Waals surface area (Å²) in [6, 6.07) is 12.8. The van der Waals surface area contributed by atoms with Crippen LogP contribution >= 0.6 is 0 Å². The molecule has 156 valence electrons. The van der Waals surface area contributed by atoms with Gasteiger partial charge in [0.2, 0.25) is 0 Å². The fraction of sp³-hybridized carbons (Fsp3) is 0.480. The van der Waals surface area contributed by atoms with Crippen LogP contribution < -0.4 is 16.0 Å². The van der Waals surface area contributed by atoms with Gasteiger partial charge in [-0.2, -0.15) is 0 Å². The maximum atomic E-state index is 12.8. The Morgan fingerprint density at radius 2 is 1.66 bits per heavy atom. The van der Waals surface area contributed by atoms with Crippen LogP contribution in [-0.2, 0) is 5.41 Å². The van der Waals surface area contributed by atoms with E-state index in [4.69, 9.17) is 5.73 Å². The molecule has 0 spiro atoms. The molecule has 1 amide bonds. The number of piperidine rings is 1. The van der Waals surface area contributed by atoms with Gasteiger partial charge in [0.05, 0.1) is 11.4 Å². The van der Waals surface area contributed by atoms with E-state index in [1.807, 2.05) is 36.4 Å². The Kier molecular flexibility index (Phi) is 5.92. The van der Waals surface area contributed by atoms with Gasteiger partial charge in [0, 0.05) is 23.3 Å². The number of nitrogens with one attached hydrogen (secondary N) is 1. The summed E-state index contributed by atoms with van der Waals surface area (Å²) in [7, 11) is 0. The van der Waals surface area contributed by atoms with Gasteiger partial charge >= 0.3 is 0 Å². The molecular weight excluding hydrogens is 358 g/mol. The fourth-order valence-corrected chi connectivity index (χ4v) is 4.32. The zero-order valence-corrected chi connectivity index (χ0v) is 18.7. The molecule has 1 heterocycles. The first kappa shape index (κ1) is 21.2. The smallest absolute Gasteiger partial charge is 0.255 e. The van der Waals surface area contributed by atoms with Gasteiger partial charge in [0.25, 0.3) is 5.91 Å². The first-order valence-electron chi connectivity index (χ1n) is 10.7. The monoisotopic (exact) mass is 393 g/mol. The summed E-state index contributed by atoms with van der Waals surface area (Å²) >= 11 is 0. The minimum Gasteiger partial charge on any atom is -0.397 e. The fourth-order valence-electron chi connectivity index (χ4n) is 4.32. The van der Waals surface area contributed by atoms with Crippen molar-refractivity contribution in [2.75, 3.05) is 16.0 Å². The topological polar surface area (TPSA) is 58.4 Å². The van der Waals surface area contributed by atoms with Crippen molar-refractivity contribution in [3.63, 3.8) is 0 Å².